The number of carboxylic acid groups (broad SMARTS) is 1. The van der Waals surface area contributed by atoms with E-state index in [-0.39, 0.29) is 37.3 Å². The van der Waals surface area contributed by atoms with Gasteiger partial charge in [-0.05, 0) is 80.1 Å². The summed E-state index contributed by atoms with van der Waals surface area (Å²) in [6.07, 6.45) is -4.50. The van der Waals surface area contributed by atoms with Gasteiger partial charge in [0.1, 0.15) is 17.8 Å². The zero-order valence-electron chi connectivity index (χ0n) is 30.1. The lowest BCUT2D eigenvalue weighted by molar-refractivity contribution is -0.276. The Morgan fingerprint density at radius 1 is 1.13 bits per heavy atom. The van der Waals surface area contributed by atoms with Gasteiger partial charge in [0.25, 0.3) is 0 Å². The number of aliphatic hydroxyl groups is 3. The van der Waals surface area contributed by atoms with Gasteiger partial charge in [-0.1, -0.05) is 26.8 Å². The Balaban J connectivity index is 2.57. The average molecular weight is 673 g/mol. The Hall–Kier alpha value is -2.13. The van der Waals surface area contributed by atoms with Crippen molar-refractivity contribution in [1.29, 1.82) is 0 Å². The van der Waals surface area contributed by atoms with Crippen LogP contribution in [-0.2, 0) is 33.3 Å². The minimum Gasteiger partial charge on any atom is -0.481 e. The summed E-state index contributed by atoms with van der Waals surface area (Å²) >= 11 is 0. The van der Waals surface area contributed by atoms with Gasteiger partial charge in [0.15, 0.2) is 12.4 Å². The number of esters is 2. The van der Waals surface area contributed by atoms with Crippen LogP contribution in [0.5, 0.6) is 0 Å². The van der Waals surface area contributed by atoms with Crippen LogP contribution in [0.15, 0.2) is 11.6 Å². The number of nitrogens with zero attached hydrogens (tertiary/aromatic N) is 2. The standard InChI is InChI=1S/C34H60N2O11/c1-12-25-34(8,43)31(41)23(7)36(11)17-18(2)15-19(3)29(21(5)28(40)22(6)32(42)45-25)47-33-30(46-27(39)14-13-26(37)38)24(35(9)10)16-20(4)44-33/h15,18,20-25,28-31,33,40-41,43H,12-14,16-17H2,1-11H3,(H,37,38)/b19-15+/t18-,20-,21+,22-,23-,24?,25-,28+,29+,30-,31-,33+,34-/m1/s1. The van der Waals surface area contributed by atoms with E-state index in [9.17, 15) is 29.7 Å². The molecule has 2 aliphatic heterocycles. The Bertz CT molecular complexity index is 1080. The van der Waals surface area contributed by atoms with Gasteiger partial charge in [-0.15, -0.1) is 0 Å². The first-order valence-electron chi connectivity index (χ1n) is 16.8. The first kappa shape index (κ1) is 41.0. The summed E-state index contributed by atoms with van der Waals surface area (Å²) < 4.78 is 24.5. The van der Waals surface area contributed by atoms with Crippen LogP contribution in [0.25, 0.3) is 0 Å². The zero-order valence-corrected chi connectivity index (χ0v) is 30.1. The fourth-order valence-electron chi connectivity index (χ4n) is 6.75. The van der Waals surface area contributed by atoms with Gasteiger partial charge in [-0.2, -0.15) is 0 Å². The molecule has 0 aromatic heterocycles. The molecule has 13 heteroatoms. The van der Waals surface area contributed by atoms with Crippen LogP contribution in [-0.4, -0.2) is 136 Å². The molecule has 2 aliphatic rings. The van der Waals surface area contributed by atoms with E-state index in [2.05, 4.69) is 0 Å². The van der Waals surface area contributed by atoms with Crippen molar-refractivity contribution in [2.75, 3.05) is 27.7 Å². The molecule has 0 radical (unpaired) electrons. The molecule has 2 rings (SSSR count). The summed E-state index contributed by atoms with van der Waals surface area (Å²) in [7, 11) is 5.55. The normalized spacial score (nSPS) is 41.3. The molecule has 0 aliphatic carbocycles. The molecule has 13 nitrogen and oxygen atoms in total. The second-order valence-corrected chi connectivity index (χ2v) is 14.2. The van der Waals surface area contributed by atoms with Crippen molar-refractivity contribution in [2.24, 2.45) is 17.8 Å². The van der Waals surface area contributed by atoms with E-state index < -0.39 is 78.2 Å². The van der Waals surface area contributed by atoms with E-state index >= 15 is 0 Å². The highest BCUT2D eigenvalue weighted by Crippen LogP contribution is 2.34. The fraction of sp³-hybridized carbons (Fsp3) is 0.853. The van der Waals surface area contributed by atoms with Crippen LogP contribution in [0.1, 0.15) is 81.1 Å². The lowest BCUT2D eigenvalue weighted by atomic mass is 9.85. The molecule has 0 saturated carbocycles. The average Bonchev–Trinajstić information content (AvgIpc) is 2.99. The van der Waals surface area contributed by atoms with Gasteiger partial charge >= 0.3 is 17.9 Å². The van der Waals surface area contributed by atoms with Crippen molar-refractivity contribution >= 4 is 17.9 Å². The molecule has 0 aromatic rings. The van der Waals surface area contributed by atoms with E-state index in [1.807, 2.05) is 57.8 Å². The summed E-state index contributed by atoms with van der Waals surface area (Å²) in [5.74, 6) is -4.31. The highest BCUT2D eigenvalue weighted by Gasteiger charge is 2.47. The minimum absolute atomic E-state index is 0.0668. The van der Waals surface area contributed by atoms with Crippen LogP contribution in [0, 0.1) is 17.8 Å². The number of hydrogen-bond donors (Lipinski definition) is 4. The highest BCUT2D eigenvalue weighted by molar-refractivity contribution is 5.76. The third-order valence-corrected chi connectivity index (χ3v) is 9.85. The van der Waals surface area contributed by atoms with Crippen molar-refractivity contribution in [3.8, 4) is 0 Å². The summed E-state index contributed by atoms with van der Waals surface area (Å²) in [6, 6.07) is -0.804. The maximum absolute atomic E-state index is 13.4. The molecule has 47 heavy (non-hydrogen) atoms. The van der Waals surface area contributed by atoms with Gasteiger partial charge in [-0.3, -0.25) is 14.4 Å². The summed E-state index contributed by atoms with van der Waals surface area (Å²) in [5, 5.41) is 43.3. The second kappa shape index (κ2) is 17.5. The summed E-state index contributed by atoms with van der Waals surface area (Å²) in [4.78, 5) is 41.1. The van der Waals surface area contributed by atoms with E-state index in [0.717, 1.165) is 5.57 Å². The van der Waals surface area contributed by atoms with Crippen LogP contribution >= 0.6 is 0 Å². The summed E-state index contributed by atoms with van der Waals surface area (Å²) in [6.45, 7) is 14.6. The number of carbonyl (C=O) groups is 3. The zero-order chi connectivity index (χ0) is 36.0. The molecule has 1 fully saturated rings. The maximum atomic E-state index is 13.4. The first-order valence-corrected chi connectivity index (χ1v) is 16.8. The SMILES string of the molecule is CC[C@H]1OC(=O)[C@H](C)[C@@H](O)[C@H](C)[C@@H](O[C@@H]2O[C@H](C)CC(N(C)C)[C@H]2OC(=O)CCC(=O)O)/C(C)=C/[C@@H](C)CN(C)[C@H](C)[C@@H](O)[C@]1(C)O. The molecular formula is C34H60N2O11. The Labute approximate surface area is 280 Å². The molecule has 272 valence electrons. The highest BCUT2D eigenvalue weighted by atomic mass is 16.7. The van der Waals surface area contributed by atoms with E-state index in [4.69, 9.17) is 24.1 Å². The molecule has 13 atom stereocenters. The van der Waals surface area contributed by atoms with Gasteiger partial charge in [0, 0.05) is 18.5 Å². The number of aliphatic hydroxyl groups excluding tert-OH is 2. The predicted molar refractivity (Wildman–Crippen MR) is 174 cm³/mol. The van der Waals surface area contributed by atoms with Crippen LogP contribution < -0.4 is 0 Å². The number of ether oxygens (including phenoxy) is 4. The number of likely N-dealkylation sites (N-methyl/N-ethyl adjacent to an activating group) is 2. The van der Waals surface area contributed by atoms with E-state index in [0.29, 0.717) is 13.0 Å². The molecule has 0 bridgehead atoms. The number of carboxylic acids is 1. The molecule has 1 saturated heterocycles. The van der Waals surface area contributed by atoms with Crippen LogP contribution in [0.2, 0.25) is 0 Å². The van der Waals surface area contributed by atoms with Crippen LogP contribution in [0.3, 0.4) is 0 Å². The largest absolute Gasteiger partial charge is 0.481 e. The number of cyclic esters (lactones) is 1. The fourth-order valence-corrected chi connectivity index (χ4v) is 6.75. The van der Waals surface area contributed by atoms with Gasteiger partial charge in [0.2, 0.25) is 0 Å². The van der Waals surface area contributed by atoms with Gasteiger partial charge in [-0.25, -0.2) is 0 Å². The number of carbonyl (C=O) groups excluding carboxylic acids is 2. The molecule has 4 N–H and O–H groups in total. The van der Waals surface area contributed by atoms with Gasteiger partial charge < -0.3 is 49.2 Å². The second-order valence-electron chi connectivity index (χ2n) is 14.2. The minimum atomic E-state index is -1.76. The Kier molecular flexibility index (Phi) is 15.3. The molecule has 0 aromatic carbocycles. The monoisotopic (exact) mass is 672 g/mol. The third-order valence-electron chi connectivity index (χ3n) is 9.85. The van der Waals surface area contributed by atoms with Gasteiger partial charge in [0.05, 0.1) is 43.1 Å². The van der Waals surface area contributed by atoms with Crippen molar-refractivity contribution in [3.05, 3.63) is 11.6 Å². The Morgan fingerprint density at radius 2 is 1.74 bits per heavy atom. The Morgan fingerprint density at radius 3 is 2.30 bits per heavy atom. The molecule has 0 spiro atoms. The number of aliphatic carboxylic acids is 1. The quantitative estimate of drug-likeness (QED) is 0.218. The molecule has 0 amide bonds. The molecular weight excluding hydrogens is 612 g/mol. The van der Waals surface area contributed by atoms with Crippen LogP contribution in [0.4, 0.5) is 0 Å². The lowest BCUT2D eigenvalue weighted by Gasteiger charge is -2.45. The van der Waals surface area contributed by atoms with Crippen molar-refractivity contribution in [1.82, 2.24) is 9.80 Å². The lowest BCUT2D eigenvalue weighted by Crippen LogP contribution is -2.59. The first-order chi connectivity index (χ1) is 21.7. The third kappa shape index (κ3) is 10.7. The predicted octanol–water partition coefficient (Wildman–Crippen LogP) is 2.20. The number of hydrogen-bond acceptors (Lipinski definition) is 12. The van der Waals surface area contributed by atoms with Crippen molar-refractivity contribution in [2.45, 2.75) is 142 Å². The maximum Gasteiger partial charge on any atom is 0.311 e. The smallest absolute Gasteiger partial charge is 0.311 e. The van der Waals surface area contributed by atoms with Crippen molar-refractivity contribution in [3.63, 3.8) is 0 Å². The summed E-state index contributed by atoms with van der Waals surface area (Å²) in [5.41, 5.74) is -1.01. The van der Waals surface area contributed by atoms with E-state index in [1.54, 1.807) is 27.7 Å². The molecule has 2 heterocycles. The van der Waals surface area contributed by atoms with Crippen molar-refractivity contribution < 1.29 is 53.8 Å². The van der Waals surface area contributed by atoms with E-state index in [1.165, 1.54) is 6.92 Å². The molecule has 1 unspecified atom stereocenters. The topological polar surface area (TPSA) is 176 Å². The number of rotatable bonds is 8.